The number of likely N-dealkylation sites (tertiary alicyclic amines) is 1. The monoisotopic (exact) mass is 176 g/mol. The van der Waals surface area contributed by atoms with E-state index in [9.17, 15) is 0 Å². The normalized spacial score (nSPS) is 24.5. The van der Waals surface area contributed by atoms with Crippen LogP contribution in [0.5, 0.6) is 0 Å². The van der Waals surface area contributed by atoms with E-state index < -0.39 is 0 Å². The maximum absolute atomic E-state index is 4.17. The third kappa shape index (κ3) is 1.89. The lowest BCUT2D eigenvalue weighted by Crippen LogP contribution is -2.29. The number of pyridine rings is 1. The lowest BCUT2D eigenvalue weighted by atomic mass is 9.97. The quantitative estimate of drug-likeness (QED) is 0.652. The van der Waals surface area contributed by atoms with Crippen LogP contribution in [0.25, 0.3) is 0 Å². The van der Waals surface area contributed by atoms with Gasteiger partial charge in [0, 0.05) is 18.4 Å². The van der Waals surface area contributed by atoms with E-state index in [2.05, 4.69) is 23.0 Å². The summed E-state index contributed by atoms with van der Waals surface area (Å²) in [5.74, 6) is 0. The van der Waals surface area contributed by atoms with Crippen molar-refractivity contribution in [3.05, 3.63) is 30.1 Å². The van der Waals surface area contributed by atoms with E-state index in [-0.39, 0.29) is 0 Å². The van der Waals surface area contributed by atoms with Gasteiger partial charge in [0.05, 0.1) is 0 Å². The molecule has 70 valence electrons. The zero-order chi connectivity index (χ0) is 9.10. The number of hydrogen-bond donors (Lipinski definition) is 0. The molecule has 2 nitrogen and oxygen atoms in total. The van der Waals surface area contributed by atoms with Gasteiger partial charge in [-0.05, 0) is 38.1 Å². The molecule has 1 aliphatic rings. The molecule has 0 spiro atoms. The first kappa shape index (κ1) is 8.70. The molecule has 0 radical (unpaired) electrons. The molecule has 2 heteroatoms. The van der Waals surface area contributed by atoms with Crippen LogP contribution in [0.2, 0.25) is 0 Å². The molecule has 1 aromatic rings. The van der Waals surface area contributed by atoms with E-state index in [0.29, 0.717) is 6.04 Å². The van der Waals surface area contributed by atoms with Crippen LogP contribution in [-0.4, -0.2) is 23.5 Å². The van der Waals surface area contributed by atoms with Crippen molar-refractivity contribution in [3.8, 4) is 0 Å². The molecule has 0 amide bonds. The summed E-state index contributed by atoms with van der Waals surface area (Å²) in [7, 11) is 2.21. The summed E-state index contributed by atoms with van der Waals surface area (Å²) >= 11 is 0. The lowest BCUT2D eigenvalue weighted by Gasteiger charge is -2.32. The van der Waals surface area contributed by atoms with Gasteiger partial charge in [-0.25, -0.2) is 0 Å². The Morgan fingerprint density at radius 3 is 3.08 bits per heavy atom. The molecule has 0 N–H and O–H groups in total. The topological polar surface area (TPSA) is 16.1 Å². The molecule has 1 aliphatic heterocycles. The molecular weight excluding hydrogens is 160 g/mol. The highest BCUT2D eigenvalue weighted by molar-refractivity contribution is 5.14. The fourth-order valence-corrected chi connectivity index (χ4v) is 2.07. The van der Waals surface area contributed by atoms with Gasteiger partial charge < -0.3 is 0 Å². The van der Waals surface area contributed by atoms with Gasteiger partial charge in [-0.15, -0.1) is 0 Å². The van der Waals surface area contributed by atoms with Gasteiger partial charge in [-0.1, -0.05) is 12.5 Å². The maximum atomic E-state index is 4.17. The molecule has 13 heavy (non-hydrogen) atoms. The van der Waals surface area contributed by atoms with E-state index >= 15 is 0 Å². The summed E-state index contributed by atoms with van der Waals surface area (Å²) in [5, 5.41) is 0. The first-order chi connectivity index (χ1) is 6.38. The van der Waals surface area contributed by atoms with Crippen molar-refractivity contribution in [2.24, 2.45) is 0 Å². The van der Waals surface area contributed by atoms with Crippen LogP contribution in [0.15, 0.2) is 24.5 Å². The largest absolute Gasteiger partial charge is 0.299 e. The van der Waals surface area contributed by atoms with Crippen molar-refractivity contribution in [3.63, 3.8) is 0 Å². The number of rotatable bonds is 1. The molecule has 1 aromatic heterocycles. The molecule has 1 atom stereocenters. The standard InChI is InChI=1S/C11H16N2/c1-13-8-3-2-6-11(13)10-5-4-7-12-9-10/h4-5,7,9,11H,2-3,6,8H2,1H3. The Hall–Kier alpha value is -0.890. The van der Waals surface area contributed by atoms with Gasteiger partial charge in [0.1, 0.15) is 0 Å². The second-order valence-electron chi connectivity index (χ2n) is 3.78. The van der Waals surface area contributed by atoms with E-state index in [1.54, 1.807) is 0 Å². The molecule has 1 fully saturated rings. The van der Waals surface area contributed by atoms with Crippen LogP contribution in [0.3, 0.4) is 0 Å². The summed E-state index contributed by atoms with van der Waals surface area (Å²) in [5.41, 5.74) is 1.37. The molecule has 0 bridgehead atoms. The summed E-state index contributed by atoms with van der Waals surface area (Å²) in [6.45, 7) is 1.22. The van der Waals surface area contributed by atoms with E-state index in [4.69, 9.17) is 0 Å². The minimum absolute atomic E-state index is 0.599. The smallest absolute Gasteiger partial charge is 0.0360 e. The van der Waals surface area contributed by atoms with Crippen LogP contribution in [0.4, 0.5) is 0 Å². The first-order valence-electron chi connectivity index (χ1n) is 4.98. The Morgan fingerprint density at radius 2 is 2.38 bits per heavy atom. The van der Waals surface area contributed by atoms with E-state index in [0.717, 1.165) is 0 Å². The number of aromatic nitrogens is 1. The molecule has 0 aliphatic carbocycles. The summed E-state index contributed by atoms with van der Waals surface area (Å²) in [6.07, 6.45) is 7.80. The van der Waals surface area contributed by atoms with Crippen molar-refractivity contribution >= 4 is 0 Å². The third-order valence-electron chi connectivity index (χ3n) is 2.84. The third-order valence-corrected chi connectivity index (χ3v) is 2.84. The van der Waals surface area contributed by atoms with E-state index in [1.165, 1.54) is 31.4 Å². The molecule has 1 unspecified atom stereocenters. The maximum Gasteiger partial charge on any atom is 0.0360 e. The summed E-state index contributed by atoms with van der Waals surface area (Å²) < 4.78 is 0. The Balaban J connectivity index is 2.15. The lowest BCUT2D eigenvalue weighted by molar-refractivity contribution is 0.187. The second-order valence-corrected chi connectivity index (χ2v) is 3.78. The fourth-order valence-electron chi connectivity index (χ4n) is 2.07. The van der Waals surface area contributed by atoms with Gasteiger partial charge in [0.15, 0.2) is 0 Å². The van der Waals surface area contributed by atoms with Crippen LogP contribution >= 0.6 is 0 Å². The van der Waals surface area contributed by atoms with Crippen LogP contribution in [0.1, 0.15) is 30.9 Å². The minimum atomic E-state index is 0.599. The highest BCUT2D eigenvalue weighted by atomic mass is 15.1. The Kier molecular flexibility index (Phi) is 2.60. The highest BCUT2D eigenvalue weighted by Gasteiger charge is 2.19. The van der Waals surface area contributed by atoms with Gasteiger partial charge in [-0.2, -0.15) is 0 Å². The second kappa shape index (κ2) is 3.88. The molecule has 2 rings (SSSR count). The molecule has 0 aromatic carbocycles. The van der Waals surface area contributed by atoms with Crippen molar-refractivity contribution in [1.29, 1.82) is 0 Å². The van der Waals surface area contributed by atoms with Gasteiger partial charge in [0.25, 0.3) is 0 Å². The van der Waals surface area contributed by atoms with Crippen molar-refractivity contribution in [2.45, 2.75) is 25.3 Å². The predicted molar refractivity (Wildman–Crippen MR) is 53.5 cm³/mol. The van der Waals surface area contributed by atoms with Gasteiger partial charge in [0.2, 0.25) is 0 Å². The average Bonchev–Trinajstić information content (AvgIpc) is 2.20. The summed E-state index contributed by atoms with van der Waals surface area (Å²) in [6, 6.07) is 4.81. The van der Waals surface area contributed by atoms with Crippen molar-refractivity contribution in [1.82, 2.24) is 9.88 Å². The van der Waals surface area contributed by atoms with Gasteiger partial charge >= 0.3 is 0 Å². The molecule has 2 heterocycles. The predicted octanol–water partition coefficient (Wildman–Crippen LogP) is 2.24. The molecule has 1 saturated heterocycles. The van der Waals surface area contributed by atoms with Crippen LogP contribution < -0.4 is 0 Å². The number of nitrogens with zero attached hydrogens (tertiary/aromatic N) is 2. The highest BCUT2D eigenvalue weighted by Crippen LogP contribution is 2.28. The Morgan fingerprint density at radius 1 is 1.46 bits per heavy atom. The zero-order valence-electron chi connectivity index (χ0n) is 8.11. The fraction of sp³-hybridized carbons (Fsp3) is 0.545. The van der Waals surface area contributed by atoms with Crippen molar-refractivity contribution in [2.75, 3.05) is 13.6 Å². The number of piperidine rings is 1. The number of hydrogen-bond acceptors (Lipinski definition) is 2. The SMILES string of the molecule is CN1CCCCC1c1cccnc1. The Bertz CT molecular complexity index is 258. The Labute approximate surface area is 79.6 Å². The van der Waals surface area contributed by atoms with E-state index in [1.807, 2.05) is 18.5 Å². The van der Waals surface area contributed by atoms with Crippen LogP contribution in [-0.2, 0) is 0 Å². The summed E-state index contributed by atoms with van der Waals surface area (Å²) in [4.78, 5) is 6.60. The zero-order valence-corrected chi connectivity index (χ0v) is 8.11. The van der Waals surface area contributed by atoms with Crippen LogP contribution in [0, 0.1) is 0 Å². The van der Waals surface area contributed by atoms with Crippen molar-refractivity contribution < 1.29 is 0 Å². The average molecular weight is 176 g/mol. The molecular formula is C11H16N2. The first-order valence-corrected chi connectivity index (χ1v) is 4.98. The van der Waals surface area contributed by atoms with Gasteiger partial charge in [-0.3, -0.25) is 9.88 Å². The molecule has 0 saturated carbocycles. The minimum Gasteiger partial charge on any atom is -0.299 e.